The molecule has 0 aliphatic heterocycles. The number of benzene rings is 1. The number of nitrogens with one attached hydrogen (secondary N) is 2. The highest BCUT2D eigenvalue weighted by Crippen LogP contribution is 2.22. The number of carbonyl (C=O) groups is 2. The summed E-state index contributed by atoms with van der Waals surface area (Å²) in [6.45, 7) is 0.164. The molecule has 3 heterocycles. The van der Waals surface area contributed by atoms with Crippen molar-refractivity contribution >= 4 is 74.3 Å². The minimum Gasteiger partial charge on any atom is -0.347 e. The normalized spacial score (nSPS) is 10.4. The Kier molecular flexibility index (Phi) is 7.97. The van der Waals surface area contributed by atoms with Crippen molar-refractivity contribution in [3.05, 3.63) is 69.0 Å². The van der Waals surface area contributed by atoms with Crippen molar-refractivity contribution < 1.29 is 14.0 Å². The molecular formula is C19H14Cl3FN6O2S. The van der Waals surface area contributed by atoms with Crippen LogP contribution in [0.2, 0.25) is 5.02 Å². The number of hydrogen-bond acceptors (Lipinski definition) is 7. The maximum Gasteiger partial charge on any atom is 0.272 e. The van der Waals surface area contributed by atoms with Gasteiger partial charge in [-0.3, -0.25) is 14.4 Å². The number of hydrogen-bond donors (Lipinski definition) is 2. The van der Waals surface area contributed by atoms with E-state index in [9.17, 15) is 14.0 Å². The third-order valence-corrected chi connectivity index (χ3v) is 5.48. The highest BCUT2D eigenvalue weighted by molar-refractivity contribution is 7.08. The Morgan fingerprint density at radius 3 is 2.59 bits per heavy atom. The Labute approximate surface area is 200 Å². The fourth-order valence-corrected chi connectivity index (χ4v) is 3.80. The Morgan fingerprint density at radius 2 is 2.00 bits per heavy atom. The first-order chi connectivity index (χ1) is 15.3. The SMILES string of the molecule is Cn1nc2c(C(=O)NCc3ccc(F)c(Cl)c3)ncnc2c1NCl.O=C(Cl)c1ccsc1. The van der Waals surface area contributed by atoms with Crippen molar-refractivity contribution in [2.75, 3.05) is 4.84 Å². The summed E-state index contributed by atoms with van der Waals surface area (Å²) in [4.78, 5) is 33.2. The van der Waals surface area contributed by atoms with Crippen molar-refractivity contribution in [1.82, 2.24) is 25.1 Å². The average Bonchev–Trinajstić information content (AvgIpc) is 3.42. The first-order valence-corrected chi connectivity index (χ1v) is 10.9. The Bertz CT molecular complexity index is 1270. The number of fused-ring (bicyclic) bond motifs is 1. The van der Waals surface area contributed by atoms with E-state index in [2.05, 4.69) is 25.2 Å². The number of carbonyl (C=O) groups excluding carboxylic acids is 2. The van der Waals surface area contributed by atoms with Crippen molar-refractivity contribution in [2.24, 2.45) is 7.05 Å². The molecule has 1 amide bonds. The number of thiophene rings is 1. The molecular weight excluding hydrogens is 502 g/mol. The molecule has 2 N–H and O–H groups in total. The summed E-state index contributed by atoms with van der Waals surface area (Å²) < 4.78 is 14.6. The number of anilines is 1. The van der Waals surface area contributed by atoms with Crippen LogP contribution in [-0.2, 0) is 13.6 Å². The number of nitrogens with zero attached hydrogens (tertiary/aromatic N) is 4. The van der Waals surface area contributed by atoms with Crippen molar-refractivity contribution in [3.63, 3.8) is 0 Å². The maximum atomic E-state index is 13.1. The Morgan fingerprint density at radius 1 is 1.22 bits per heavy atom. The van der Waals surface area contributed by atoms with Crippen LogP contribution in [0, 0.1) is 5.82 Å². The first-order valence-electron chi connectivity index (χ1n) is 8.80. The Balaban J connectivity index is 0.000000305. The summed E-state index contributed by atoms with van der Waals surface area (Å²) in [5.41, 5.74) is 2.10. The lowest BCUT2D eigenvalue weighted by Gasteiger charge is -2.06. The van der Waals surface area contributed by atoms with E-state index in [0.717, 1.165) is 0 Å². The average molecular weight is 516 g/mol. The van der Waals surface area contributed by atoms with Crippen LogP contribution in [0.4, 0.5) is 10.2 Å². The summed E-state index contributed by atoms with van der Waals surface area (Å²) >= 11 is 17.9. The third-order valence-electron chi connectivity index (χ3n) is 4.11. The predicted octanol–water partition coefficient (Wildman–Crippen LogP) is 4.78. The van der Waals surface area contributed by atoms with Crippen LogP contribution in [0.3, 0.4) is 0 Å². The van der Waals surface area contributed by atoms with E-state index < -0.39 is 11.7 Å². The second-order valence-corrected chi connectivity index (χ2v) is 7.92. The molecule has 0 saturated heterocycles. The predicted molar refractivity (Wildman–Crippen MR) is 123 cm³/mol. The quantitative estimate of drug-likeness (QED) is 0.293. The van der Waals surface area contributed by atoms with Gasteiger partial charge in [-0.2, -0.15) is 16.4 Å². The lowest BCUT2D eigenvalue weighted by atomic mass is 10.2. The van der Waals surface area contributed by atoms with Gasteiger partial charge in [0.1, 0.15) is 23.2 Å². The number of rotatable bonds is 5. The highest BCUT2D eigenvalue weighted by Gasteiger charge is 2.19. The van der Waals surface area contributed by atoms with Crippen molar-refractivity contribution in [1.29, 1.82) is 0 Å². The first kappa shape index (κ1) is 23.9. The molecule has 1 aromatic carbocycles. The lowest BCUT2D eigenvalue weighted by Crippen LogP contribution is -2.24. The molecule has 0 bridgehead atoms. The summed E-state index contributed by atoms with van der Waals surface area (Å²) in [6.07, 6.45) is 1.26. The molecule has 3 aromatic heterocycles. The third kappa shape index (κ3) is 5.52. The van der Waals surface area contributed by atoms with Gasteiger partial charge in [0.05, 0.1) is 5.02 Å². The molecule has 8 nitrogen and oxygen atoms in total. The standard InChI is InChI=1S/C14H11Cl2FN6O.C5H3ClOS/c1-23-13(21-16)11-10(22-23)12(20-6-19-11)14(24)18-5-7-2-3-9(17)8(15)4-7;6-5(7)4-1-2-8-3-4/h2-4,6,21H,5H2,1H3,(H,18,24);1-3H. The molecule has 166 valence electrons. The van der Waals surface area contributed by atoms with Crippen LogP contribution in [0.1, 0.15) is 26.4 Å². The van der Waals surface area contributed by atoms with Crippen LogP contribution < -0.4 is 10.2 Å². The van der Waals surface area contributed by atoms with Crippen LogP contribution in [0.5, 0.6) is 0 Å². The molecule has 13 heteroatoms. The zero-order chi connectivity index (χ0) is 23.3. The molecule has 0 saturated carbocycles. The van der Waals surface area contributed by atoms with Gasteiger partial charge in [0.25, 0.3) is 11.1 Å². The van der Waals surface area contributed by atoms with Crippen LogP contribution in [0.15, 0.2) is 41.4 Å². The molecule has 0 spiro atoms. The maximum absolute atomic E-state index is 13.1. The van der Waals surface area contributed by atoms with Crippen LogP contribution in [0.25, 0.3) is 11.0 Å². The van der Waals surface area contributed by atoms with Crippen LogP contribution >= 0.6 is 46.3 Å². The molecule has 0 unspecified atom stereocenters. The fraction of sp³-hybridized carbons (Fsp3) is 0.105. The van der Waals surface area contributed by atoms with Crippen molar-refractivity contribution in [2.45, 2.75) is 6.54 Å². The van der Waals surface area contributed by atoms with E-state index in [-0.39, 0.29) is 22.5 Å². The highest BCUT2D eigenvalue weighted by atomic mass is 35.5. The van der Waals surface area contributed by atoms with E-state index in [1.54, 1.807) is 18.5 Å². The molecule has 0 atom stereocenters. The molecule has 0 aliphatic rings. The minimum absolute atomic E-state index is 0.00581. The van der Waals surface area contributed by atoms with Crippen molar-refractivity contribution in [3.8, 4) is 0 Å². The van der Waals surface area contributed by atoms with Gasteiger partial charge in [-0.15, -0.1) is 0 Å². The molecule has 4 rings (SSSR count). The Hall–Kier alpha value is -2.79. The van der Waals surface area contributed by atoms with Gasteiger partial charge in [0, 0.05) is 36.3 Å². The summed E-state index contributed by atoms with van der Waals surface area (Å²) in [7, 11) is 1.66. The van der Waals surface area contributed by atoms with Gasteiger partial charge in [0.15, 0.2) is 11.5 Å². The minimum atomic E-state index is -0.515. The van der Waals surface area contributed by atoms with Gasteiger partial charge in [-0.25, -0.2) is 19.0 Å². The van der Waals surface area contributed by atoms with Gasteiger partial charge in [0.2, 0.25) is 0 Å². The topological polar surface area (TPSA) is 102 Å². The van der Waals surface area contributed by atoms with Gasteiger partial charge < -0.3 is 5.32 Å². The van der Waals surface area contributed by atoms with Gasteiger partial charge in [-0.1, -0.05) is 17.7 Å². The summed E-state index contributed by atoms with van der Waals surface area (Å²) in [6, 6.07) is 5.92. The smallest absolute Gasteiger partial charge is 0.272 e. The van der Waals surface area contributed by atoms with Gasteiger partial charge >= 0.3 is 0 Å². The lowest BCUT2D eigenvalue weighted by molar-refractivity contribution is 0.0947. The fourth-order valence-electron chi connectivity index (χ4n) is 2.56. The zero-order valence-electron chi connectivity index (χ0n) is 16.3. The number of amides is 1. The van der Waals surface area contributed by atoms with E-state index in [1.165, 1.54) is 40.5 Å². The molecule has 0 aliphatic carbocycles. The van der Waals surface area contributed by atoms with E-state index >= 15 is 0 Å². The van der Waals surface area contributed by atoms with E-state index in [0.29, 0.717) is 28.0 Å². The molecule has 0 radical (unpaired) electrons. The summed E-state index contributed by atoms with van der Waals surface area (Å²) in [5.74, 6) is -0.505. The number of aryl methyl sites for hydroxylation is 1. The monoisotopic (exact) mass is 514 g/mol. The molecule has 4 aromatic rings. The number of aromatic nitrogens is 4. The summed E-state index contributed by atoms with van der Waals surface area (Å²) in [5, 5.41) is 10.0. The van der Waals surface area contributed by atoms with Crippen LogP contribution in [-0.4, -0.2) is 30.9 Å². The van der Waals surface area contributed by atoms with E-state index in [4.69, 9.17) is 35.0 Å². The van der Waals surface area contributed by atoms with Gasteiger partial charge in [-0.05, 0) is 40.7 Å². The zero-order valence-corrected chi connectivity index (χ0v) is 19.4. The largest absolute Gasteiger partial charge is 0.347 e. The molecule has 32 heavy (non-hydrogen) atoms. The number of halogens is 4. The molecule has 0 fully saturated rings. The van der Waals surface area contributed by atoms with E-state index in [1.807, 2.05) is 5.38 Å². The second-order valence-electron chi connectivity index (χ2n) is 6.20. The second kappa shape index (κ2) is 10.7.